The number of hydrogen-bond acceptors (Lipinski definition) is 6. The Morgan fingerprint density at radius 1 is 1.06 bits per heavy atom. The lowest BCUT2D eigenvalue weighted by Gasteiger charge is -2.14. The number of aromatic nitrogens is 4. The molecule has 0 aliphatic carbocycles. The fourth-order valence-corrected chi connectivity index (χ4v) is 4.89. The highest BCUT2D eigenvalue weighted by molar-refractivity contribution is 7.25. The Labute approximate surface area is 182 Å². The van der Waals surface area contributed by atoms with Gasteiger partial charge in [0.05, 0.1) is 19.2 Å². The van der Waals surface area contributed by atoms with Crippen molar-refractivity contribution in [2.24, 2.45) is 0 Å². The van der Waals surface area contributed by atoms with Crippen LogP contribution in [0.2, 0.25) is 0 Å². The van der Waals surface area contributed by atoms with Crippen LogP contribution >= 0.6 is 11.3 Å². The van der Waals surface area contributed by atoms with Crippen LogP contribution in [0.1, 0.15) is 11.3 Å². The molecule has 0 aliphatic heterocycles. The van der Waals surface area contributed by atoms with Crippen LogP contribution in [0.15, 0.2) is 59.7 Å². The van der Waals surface area contributed by atoms with Crippen LogP contribution in [0.25, 0.3) is 31.8 Å². The second-order valence-electron chi connectivity index (χ2n) is 7.16. The summed E-state index contributed by atoms with van der Waals surface area (Å²) in [5, 5.41) is 0.874. The molecule has 8 heteroatoms. The molecule has 156 valence electrons. The van der Waals surface area contributed by atoms with Crippen LogP contribution in [-0.2, 0) is 11.3 Å². The van der Waals surface area contributed by atoms with Crippen molar-refractivity contribution in [2.45, 2.75) is 13.5 Å². The van der Waals surface area contributed by atoms with Crippen LogP contribution < -0.4 is 10.3 Å². The number of benzene rings is 1. The van der Waals surface area contributed by atoms with E-state index >= 15 is 0 Å². The second kappa shape index (κ2) is 7.64. The SMILES string of the molecule is COCc1cc(C)nc2sc3c(=O)n(-n4cccc4)c(-c4ccc(OC)cc4)nc3c12. The minimum absolute atomic E-state index is 0.143. The maximum atomic E-state index is 13.7. The summed E-state index contributed by atoms with van der Waals surface area (Å²) in [5.41, 5.74) is 3.17. The number of fused-ring (bicyclic) bond motifs is 3. The molecule has 0 fully saturated rings. The largest absolute Gasteiger partial charge is 0.497 e. The van der Waals surface area contributed by atoms with Gasteiger partial charge < -0.3 is 9.47 Å². The third-order valence-corrected chi connectivity index (χ3v) is 6.18. The van der Waals surface area contributed by atoms with Gasteiger partial charge in [-0.2, -0.15) is 4.68 Å². The summed E-state index contributed by atoms with van der Waals surface area (Å²) in [6, 6.07) is 13.3. The summed E-state index contributed by atoms with van der Waals surface area (Å²) in [4.78, 5) is 24.1. The Kier molecular flexibility index (Phi) is 4.80. The van der Waals surface area contributed by atoms with Gasteiger partial charge in [-0.3, -0.25) is 9.47 Å². The van der Waals surface area contributed by atoms with Gasteiger partial charge in [-0.05, 0) is 55.0 Å². The summed E-state index contributed by atoms with van der Waals surface area (Å²) in [6.07, 6.45) is 3.65. The Morgan fingerprint density at radius 3 is 2.48 bits per heavy atom. The van der Waals surface area contributed by atoms with E-state index in [1.54, 1.807) is 23.6 Å². The first kappa shape index (κ1) is 19.5. The minimum Gasteiger partial charge on any atom is -0.497 e. The van der Waals surface area contributed by atoms with E-state index in [-0.39, 0.29) is 5.56 Å². The van der Waals surface area contributed by atoms with Gasteiger partial charge in [0.1, 0.15) is 15.3 Å². The maximum absolute atomic E-state index is 13.7. The molecule has 0 unspecified atom stereocenters. The number of ether oxygens (including phenoxy) is 2. The number of rotatable bonds is 5. The van der Waals surface area contributed by atoms with Crippen molar-refractivity contribution in [3.8, 4) is 17.1 Å². The van der Waals surface area contributed by atoms with Crippen molar-refractivity contribution in [2.75, 3.05) is 14.2 Å². The van der Waals surface area contributed by atoms with Gasteiger partial charge in [0.25, 0.3) is 5.56 Å². The lowest BCUT2D eigenvalue weighted by molar-refractivity contribution is 0.186. The van der Waals surface area contributed by atoms with E-state index in [1.807, 2.05) is 61.8 Å². The van der Waals surface area contributed by atoms with E-state index in [1.165, 1.54) is 11.3 Å². The highest BCUT2D eigenvalue weighted by Crippen LogP contribution is 2.34. The van der Waals surface area contributed by atoms with Crippen molar-refractivity contribution >= 4 is 31.8 Å². The normalized spacial score (nSPS) is 11.5. The van der Waals surface area contributed by atoms with Crippen LogP contribution in [-0.4, -0.2) is 33.5 Å². The number of pyridine rings is 1. The van der Waals surface area contributed by atoms with E-state index in [9.17, 15) is 4.79 Å². The average molecular weight is 433 g/mol. The van der Waals surface area contributed by atoms with Crippen LogP contribution in [0.5, 0.6) is 5.75 Å². The quantitative estimate of drug-likeness (QED) is 0.415. The zero-order chi connectivity index (χ0) is 21.5. The molecule has 0 radical (unpaired) electrons. The maximum Gasteiger partial charge on any atom is 0.291 e. The molecule has 0 saturated heterocycles. The monoisotopic (exact) mass is 432 g/mol. The average Bonchev–Trinajstić information content (AvgIpc) is 3.42. The molecule has 4 heterocycles. The fraction of sp³-hybridized carbons (Fsp3) is 0.174. The van der Waals surface area contributed by atoms with E-state index in [2.05, 4.69) is 4.98 Å². The molecule has 5 rings (SSSR count). The van der Waals surface area contributed by atoms with E-state index in [0.29, 0.717) is 22.6 Å². The highest BCUT2D eigenvalue weighted by atomic mass is 32.1. The summed E-state index contributed by atoms with van der Waals surface area (Å²) >= 11 is 1.37. The first-order valence-corrected chi connectivity index (χ1v) is 10.5. The molecular formula is C23H20N4O3S. The lowest BCUT2D eigenvalue weighted by Crippen LogP contribution is -2.27. The Bertz CT molecular complexity index is 1450. The summed E-state index contributed by atoms with van der Waals surface area (Å²) < 4.78 is 14.6. The van der Waals surface area contributed by atoms with Crippen molar-refractivity contribution in [1.29, 1.82) is 0 Å². The second-order valence-corrected chi connectivity index (χ2v) is 8.16. The van der Waals surface area contributed by atoms with Crippen LogP contribution in [0.4, 0.5) is 0 Å². The Balaban J connectivity index is 1.90. The molecule has 0 atom stereocenters. The van der Waals surface area contributed by atoms with Gasteiger partial charge >= 0.3 is 0 Å². The first-order chi connectivity index (χ1) is 15.1. The number of hydrogen-bond donors (Lipinski definition) is 0. The lowest BCUT2D eigenvalue weighted by atomic mass is 10.1. The van der Waals surface area contributed by atoms with Gasteiger partial charge in [0, 0.05) is 36.1 Å². The van der Waals surface area contributed by atoms with E-state index in [0.717, 1.165) is 32.8 Å². The van der Waals surface area contributed by atoms with Gasteiger partial charge in [-0.15, -0.1) is 11.3 Å². The predicted octanol–water partition coefficient (Wildman–Crippen LogP) is 4.25. The van der Waals surface area contributed by atoms with Crippen LogP contribution in [0.3, 0.4) is 0 Å². The number of aryl methyl sites for hydroxylation is 1. The third kappa shape index (κ3) is 3.20. The molecule has 0 amide bonds. The zero-order valence-electron chi connectivity index (χ0n) is 17.3. The predicted molar refractivity (Wildman–Crippen MR) is 122 cm³/mol. The van der Waals surface area contributed by atoms with Gasteiger partial charge in [0.15, 0.2) is 5.82 Å². The van der Waals surface area contributed by atoms with E-state index < -0.39 is 0 Å². The molecule has 31 heavy (non-hydrogen) atoms. The van der Waals surface area contributed by atoms with Gasteiger partial charge in [-0.1, -0.05) is 0 Å². The topological polar surface area (TPSA) is 71.2 Å². The number of nitrogens with zero attached hydrogens (tertiary/aromatic N) is 4. The van der Waals surface area contributed by atoms with Crippen molar-refractivity contribution in [3.05, 3.63) is 76.5 Å². The summed E-state index contributed by atoms with van der Waals surface area (Å²) in [7, 11) is 3.28. The molecule has 0 aliphatic rings. The number of methoxy groups -OCH3 is 2. The molecule has 5 aromatic rings. The molecule has 0 bridgehead atoms. The number of thiophene rings is 1. The summed E-state index contributed by atoms with van der Waals surface area (Å²) in [6.45, 7) is 2.36. The molecule has 0 saturated carbocycles. The van der Waals surface area contributed by atoms with Crippen molar-refractivity contribution in [3.63, 3.8) is 0 Å². The van der Waals surface area contributed by atoms with Gasteiger partial charge in [0.2, 0.25) is 0 Å². The van der Waals surface area contributed by atoms with Crippen molar-refractivity contribution in [1.82, 2.24) is 19.3 Å². The molecule has 0 N–H and O–H groups in total. The minimum atomic E-state index is -0.143. The Hall–Kier alpha value is -3.49. The van der Waals surface area contributed by atoms with Crippen LogP contribution in [0, 0.1) is 6.92 Å². The highest BCUT2D eigenvalue weighted by Gasteiger charge is 2.21. The molecule has 1 aromatic carbocycles. The molecule has 0 spiro atoms. The van der Waals surface area contributed by atoms with Gasteiger partial charge in [-0.25, -0.2) is 9.97 Å². The third-order valence-electron chi connectivity index (χ3n) is 5.12. The fourth-order valence-electron chi connectivity index (χ4n) is 3.76. The van der Waals surface area contributed by atoms with Crippen molar-refractivity contribution < 1.29 is 9.47 Å². The standard InChI is InChI=1S/C23H20N4O3S/c1-14-12-16(13-29-2)18-19-20(31-22(18)24-14)23(28)27(26-10-4-5-11-26)21(25-19)15-6-8-17(30-3)9-7-15/h4-12H,13H2,1-3H3. The Morgan fingerprint density at radius 2 is 1.81 bits per heavy atom. The first-order valence-electron chi connectivity index (χ1n) is 9.73. The van der Waals surface area contributed by atoms with E-state index in [4.69, 9.17) is 14.5 Å². The molecule has 7 nitrogen and oxygen atoms in total. The summed E-state index contributed by atoms with van der Waals surface area (Å²) in [5.74, 6) is 1.28. The molecular weight excluding hydrogens is 412 g/mol. The zero-order valence-corrected chi connectivity index (χ0v) is 18.1. The molecule has 4 aromatic heterocycles. The smallest absolute Gasteiger partial charge is 0.291 e.